The lowest BCUT2D eigenvalue weighted by molar-refractivity contribution is 0.0740. The zero-order valence-corrected chi connectivity index (χ0v) is 17.1. The molecule has 0 spiro atoms. The molecule has 2 aromatic rings. The predicted octanol–water partition coefficient (Wildman–Crippen LogP) is 2.12. The Hall–Kier alpha value is -2.93. The molecule has 1 saturated heterocycles. The first-order valence-corrected chi connectivity index (χ1v) is 9.93. The average Bonchev–Trinajstić information content (AvgIpc) is 2.76. The number of pyridine rings is 1. The fourth-order valence-electron chi connectivity index (χ4n) is 3.34. The molecule has 0 atom stereocenters. The maximum atomic E-state index is 12.9. The minimum Gasteiger partial charge on any atom is -0.385 e. The molecule has 1 aliphatic heterocycles. The van der Waals surface area contributed by atoms with E-state index in [0.717, 1.165) is 19.5 Å². The lowest BCUT2D eigenvalue weighted by atomic mass is 10.2. The van der Waals surface area contributed by atoms with E-state index in [1.165, 1.54) is 11.3 Å². The summed E-state index contributed by atoms with van der Waals surface area (Å²) in [5.74, 6) is -0.414. The van der Waals surface area contributed by atoms with Crippen molar-refractivity contribution in [3.8, 4) is 0 Å². The van der Waals surface area contributed by atoms with Crippen LogP contribution in [-0.4, -0.2) is 68.1 Å². The van der Waals surface area contributed by atoms with E-state index in [1.807, 2.05) is 0 Å². The van der Waals surface area contributed by atoms with Gasteiger partial charge in [0, 0.05) is 52.1 Å². The number of ether oxygens (including phenoxy) is 1. The lowest BCUT2D eigenvalue weighted by Gasteiger charge is -2.36. The van der Waals surface area contributed by atoms with Crippen molar-refractivity contribution < 1.29 is 14.3 Å². The summed E-state index contributed by atoms with van der Waals surface area (Å²) >= 11 is 0. The van der Waals surface area contributed by atoms with Crippen LogP contribution >= 0.6 is 0 Å². The van der Waals surface area contributed by atoms with Gasteiger partial charge in [-0.25, -0.2) is 4.98 Å². The molecule has 29 heavy (non-hydrogen) atoms. The Bertz CT molecular complexity index is 847. The fourth-order valence-corrected chi connectivity index (χ4v) is 3.34. The van der Waals surface area contributed by atoms with Gasteiger partial charge in [0.1, 0.15) is 11.4 Å². The number of hydrogen-bond donors (Lipinski definition) is 1. The molecule has 0 radical (unpaired) electrons. The molecule has 7 heteroatoms. The van der Waals surface area contributed by atoms with Crippen molar-refractivity contribution in [2.24, 2.45) is 0 Å². The second-order valence-corrected chi connectivity index (χ2v) is 7.13. The first kappa shape index (κ1) is 20.8. The third-order valence-electron chi connectivity index (χ3n) is 4.95. The van der Waals surface area contributed by atoms with Crippen LogP contribution in [0.2, 0.25) is 0 Å². The van der Waals surface area contributed by atoms with Crippen LogP contribution in [0.1, 0.15) is 33.0 Å². The van der Waals surface area contributed by atoms with Crippen LogP contribution in [0.4, 0.5) is 5.69 Å². The van der Waals surface area contributed by atoms with Crippen molar-refractivity contribution in [3.63, 3.8) is 0 Å². The second kappa shape index (κ2) is 10.0. The number of hydrogen-bond acceptors (Lipinski definition) is 5. The van der Waals surface area contributed by atoms with Crippen LogP contribution < -0.4 is 10.2 Å². The highest BCUT2D eigenvalue weighted by Crippen LogP contribution is 2.18. The summed E-state index contributed by atoms with van der Waals surface area (Å²) in [4.78, 5) is 33.5. The maximum absolute atomic E-state index is 12.9. The number of anilines is 1. The number of aryl methyl sites for hydroxylation is 1. The van der Waals surface area contributed by atoms with E-state index in [-0.39, 0.29) is 17.5 Å². The Morgan fingerprint density at radius 3 is 2.52 bits per heavy atom. The molecule has 3 rings (SSSR count). The van der Waals surface area contributed by atoms with Crippen LogP contribution in [0.15, 0.2) is 42.5 Å². The van der Waals surface area contributed by atoms with Crippen LogP contribution in [0.3, 0.4) is 0 Å². The van der Waals surface area contributed by atoms with Crippen molar-refractivity contribution in [3.05, 3.63) is 59.4 Å². The van der Waals surface area contributed by atoms with Crippen molar-refractivity contribution in [1.29, 1.82) is 0 Å². The number of piperazine rings is 1. The zero-order chi connectivity index (χ0) is 20.6. The molecule has 1 fully saturated rings. The minimum atomic E-state index is -0.278. The summed E-state index contributed by atoms with van der Waals surface area (Å²) in [6.07, 6.45) is 0.728. The van der Waals surface area contributed by atoms with Crippen LogP contribution in [0, 0.1) is 6.92 Å². The van der Waals surface area contributed by atoms with Gasteiger partial charge in [-0.3, -0.25) is 9.59 Å². The average molecular weight is 396 g/mol. The Balaban J connectivity index is 1.57. The van der Waals surface area contributed by atoms with E-state index in [4.69, 9.17) is 4.74 Å². The van der Waals surface area contributed by atoms with Crippen LogP contribution in [0.5, 0.6) is 0 Å². The van der Waals surface area contributed by atoms with Crippen molar-refractivity contribution in [2.45, 2.75) is 13.3 Å². The van der Waals surface area contributed by atoms with Gasteiger partial charge in [0.2, 0.25) is 0 Å². The van der Waals surface area contributed by atoms with E-state index in [9.17, 15) is 9.59 Å². The standard InChI is InChI=1S/C22H28N4O3/c1-17-6-3-7-18(16-17)25-11-13-26(14-12-25)22(28)20-9-4-8-19(24-20)21(27)23-10-5-15-29-2/h3-4,6-9,16H,5,10-15H2,1-2H3,(H,23,27). The Kier molecular flexibility index (Phi) is 7.19. The third kappa shape index (κ3) is 5.54. The highest BCUT2D eigenvalue weighted by molar-refractivity contribution is 5.96. The number of methoxy groups -OCH3 is 1. The van der Waals surface area contributed by atoms with E-state index < -0.39 is 0 Å². The van der Waals surface area contributed by atoms with E-state index in [1.54, 1.807) is 30.2 Å². The van der Waals surface area contributed by atoms with Crippen LogP contribution in [-0.2, 0) is 4.74 Å². The molecule has 0 bridgehead atoms. The number of carbonyl (C=O) groups excluding carboxylic acids is 2. The van der Waals surface area contributed by atoms with Gasteiger partial charge in [0.25, 0.3) is 11.8 Å². The summed E-state index contributed by atoms with van der Waals surface area (Å²) in [7, 11) is 1.62. The van der Waals surface area contributed by atoms with E-state index in [0.29, 0.717) is 31.9 Å². The Morgan fingerprint density at radius 2 is 1.79 bits per heavy atom. The molecule has 2 amide bonds. The number of nitrogens with zero attached hydrogens (tertiary/aromatic N) is 3. The summed E-state index contributed by atoms with van der Waals surface area (Å²) in [5, 5.41) is 2.79. The summed E-state index contributed by atoms with van der Waals surface area (Å²) in [5.41, 5.74) is 2.97. The number of aromatic nitrogens is 1. The van der Waals surface area contributed by atoms with Crippen LogP contribution in [0.25, 0.3) is 0 Å². The Labute approximate surface area is 171 Å². The molecular weight excluding hydrogens is 368 g/mol. The van der Waals surface area contributed by atoms with Gasteiger partial charge in [-0.05, 0) is 43.2 Å². The van der Waals surface area contributed by atoms with Gasteiger partial charge >= 0.3 is 0 Å². The summed E-state index contributed by atoms with van der Waals surface area (Å²) in [6, 6.07) is 13.4. The van der Waals surface area contributed by atoms with Gasteiger partial charge in [-0.1, -0.05) is 18.2 Å². The lowest BCUT2D eigenvalue weighted by Crippen LogP contribution is -2.49. The van der Waals surface area contributed by atoms with E-state index in [2.05, 4.69) is 46.4 Å². The minimum absolute atomic E-state index is 0.136. The predicted molar refractivity (Wildman–Crippen MR) is 112 cm³/mol. The molecule has 0 saturated carbocycles. The summed E-state index contributed by atoms with van der Waals surface area (Å²) in [6.45, 7) is 5.97. The largest absolute Gasteiger partial charge is 0.385 e. The molecule has 2 heterocycles. The maximum Gasteiger partial charge on any atom is 0.272 e. The monoisotopic (exact) mass is 396 g/mol. The molecule has 0 unspecified atom stereocenters. The molecule has 7 nitrogen and oxygen atoms in total. The normalized spacial score (nSPS) is 14.0. The third-order valence-corrected chi connectivity index (χ3v) is 4.95. The highest BCUT2D eigenvalue weighted by Gasteiger charge is 2.23. The number of nitrogens with one attached hydrogen (secondary N) is 1. The van der Waals surface area contributed by atoms with E-state index >= 15 is 0 Å². The first-order valence-electron chi connectivity index (χ1n) is 9.93. The molecule has 1 aliphatic rings. The molecule has 0 aliphatic carbocycles. The highest BCUT2D eigenvalue weighted by atomic mass is 16.5. The van der Waals surface area contributed by atoms with Crippen molar-refractivity contribution >= 4 is 17.5 Å². The molecule has 1 N–H and O–H groups in total. The van der Waals surface area contributed by atoms with Gasteiger partial charge in [0.05, 0.1) is 0 Å². The summed E-state index contributed by atoms with van der Waals surface area (Å²) < 4.78 is 4.97. The molecule has 1 aromatic heterocycles. The first-order chi connectivity index (χ1) is 14.1. The molecular formula is C22H28N4O3. The van der Waals surface area contributed by atoms with Gasteiger partial charge < -0.3 is 19.9 Å². The van der Waals surface area contributed by atoms with Gasteiger partial charge in [-0.15, -0.1) is 0 Å². The SMILES string of the molecule is COCCCNC(=O)c1cccc(C(=O)N2CCN(c3cccc(C)c3)CC2)n1. The molecule has 1 aromatic carbocycles. The number of carbonyl (C=O) groups is 2. The van der Waals surface area contributed by atoms with Gasteiger partial charge in [-0.2, -0.15) is 0 Å². The topological polar surface area (TPSA) is 74.8 Å². The quantitative estimate of drug-likeness (QED) is 0.726. The molecule has 154 valence electrons. The Morgan fingerprint density at radius 1 is 1.07 bits per heavy atom. The smallest absolute Gasteiger partial charge is 0.272 e. The van der Waals surface area contributed by atoms with Gasteiger partial charge in [0.15, 0.2) is 0 Å². The van der Waals surface area contributed by atoms with Crippen molar-refractivity contribution in [1.82, 2.24) is 15.2 Å². The number of amides is 2. The second-order valence-electron chi connectivity index (χ2n) is 7.13. The fraction of sp³-hybridized carbons (Fsp3) is 0.409. The number of rotatable bonds is 7. The van der Waals surface area contributed by atoms with Crippen molar-refractivity contribution in [2.75, 3.05) is 51.3 Å². The number of benzene rings is 1. The zero-order valence-electron chi connectivity index (χ0n) is 17.1.